The van der Waals surface area contributed by atoms with Crippen LogP contribution in [0.5, 0.6) is 0 Å². The van der Waals surface area contributed by atoms with Gasteiger partial charge in [-0.3, -0.25) is 4.79 Å². The monoisotopic (exact) mass is 284 g/mol. The van der Waals surface area contributed by atoms with Crippen LogP contribution in [-0.4, -0.2) is 42.2 Å². The zero-order valence-corrected chi connectivity index (χ0v) is 12.6. The molecule has 0 aromatic heterocycles. The molecule has 2 atom stereocenters. The van der Waals surface area contributed by atoms with Crippen molar-refractivity contribution in [2.24, 2.45) is 5.92 Å². The summed E-state index contributed by atoms with van der Waals surface area (Å²) >= 11 is 1.97. The SMILES string of the molecule is COC1(CC(=O)C2CCOC3(CCSC3)C2)CCC1. The number of ketones is 1. The molecule has 1 spiro atoms. The number of methoxy groups -OCH3 is 1. The molecule has 108 valence electrons. The Labute approximate surface area is 119 Å². The van der Waals surface area contributed by atoms with Crippen LogP contribution in [0.15, 0.2) is 0 Å². The Hall–Kier alpha value is -0.0600. The van der Waals surface area contributed by atoms with E-state index in [0.717, 1.165) is 44.5 Å². The fraction of sp³-hybridized carbons (Fsp3) is 0.933. The maximum atomic E-state index is 12.6. The summed E-state index contributed by atoms with van der Waals surface area (Å²) in [5.74, 6) is 2.89. The lowest BCUT2D eigenvalue weighted by molar-refractivity contribution is -0.145. The van der Waals surface area contributed by atoms with Crippen LogP contribution in [-0.2, 0) is 14.3 Å². The normalized spacial score (nSPS) is 37.2. The molecule has 19 heavy (non-hydrogen) atoms. The van der Waals surface area contributed by atoms with Crippen molar-refractivity contribution in [1.29, 1.82) is 0 Å². The van der Waals surface area contributed by atoms with Gasteiger partial charge in [-0.15, -0.1) is 0 Å². The Morgan fingerprint density at radius 3 is 2.84 bits per heavy atom. The number of hydrogen-bond donors (Lipinski definition) is 0. The highest BCUT2D eigenvalue weighted by atomic mass is 32.2. The largest absolute Gasteiger partial charge is 0.378 e. The molecule has 0 aromatic rings. The van der Waals surface area contributed by atoms with E-state index in [2.05, 4.69) is 0 Å². The molecule has 0 bridgehead atoms. The van der Waals surface area contributed by atoms with Crippen LogP contribution in [0.4, 0.5) is 0 Å². The van der Waals surface area contributed by atoms with Crippen molar-refractivity contribution >= 4 is 17.5 Å². The predicted octanol–water partition coefficient (Wildman–Crippen LogP) is 2.82. The molecule has 2 aliphatic heterocycles. The quantitative estimate of drug-likeness (QED) is 0.795. The molecular weight excluding hydrogens is 260 g/mol. The van der Waals surface area contributed by atoms with E-state index in [9.17, 15) is 4.79 Å². The number of carbonyl (C=O) groups excluding carboxylic acids is 1. The molecule has 0 N–H and O–H groups in total. The van der Waals surface area contributed by atoms with Crippen LogP contribution in [0.25, 0.3) is 0 Å². The molecule has 3 aliphatic rings. The second-order valence-electron chi connectivity index (χ2n) is 6.41. The van der Waals surface area contributed by atoms with Gasteiger partial charge in [0.2, 0.25) is 0 Å². The number of thioether (sulfide) groups is 1. The van der Waals surface area contributed by atoms with Crippen molar-refractivity contribution in [3.63, 3.8) is 0 Å². The smallest absolute Gasteiger partial charge is 0.139 e. The summed E-state index contributed by atoms with van der Waals surface area (Å²) in [6, 6.07) is 0. The van der Waals surface area contributed by atoms with Gasteiger partial charge in [0.1, 0.15) is 5.78 Å². The first kappa shape index (κ1) is 13.9. The number of carbonyl (C=O) groups is 1. The van der Waals surface area contributed by atoms with E-state index in [-0.39, 0.29) is 17.1 Å². The summed E-state index contributed by atoms with van der Waals surface area (Å²) in [7, 11) is 1.76. The van der Waals surface area contributed by atoms with Crippen LogP contribution in [0, 0.1) is 5.92 Å². The van der Waals surface area contributed by atoms with Gasteiger partial charge >= 0.3 is 0 Å². The molecule has 1 aliphatic carbocycles. The zero-order valence-electron chi connectivity index (χ0n) is 11.8. The number of rotatable bonds is 4. The highest BCUT2D eigenvalue weighted by molar-refractivity contribution is 7.99. The molecule has 0 aromatic carbocycles. The maximum Gasteiger partial charge on any atom is 0.139 e. The average Bonchev–Trinajstić information content (AvgIpc) is 2.81. The first-order valence-electron chi connectivity index (χ1n) is 7.47. The van der Waals surface area contributed by atoms with Gasteiger partial charge in [0.15, 0.2) is 0 Å². The molecule has 1 saturated carbocycles. The van der Waals surface area contributed by atoms with E-state index in [0.29, 0.717) is 12.2 Å². The molecular formula is C15H24O3S. The predicted molar refractivity (Wildman–Crippen MR) is 76.6 cm³/mol. The second-order valence-corrected chi connectivity index (χ2v) is 7.51. The first-order chi connectivity index (χ1) is 9.17. The summed E-state index contributed by atoms with van der Waals surface area (Å²) in [6.07, 6.45) is 6.91. The van der Waals surface area contributed by atoms with Gasteiger partial charge < -0.3 is 9.47 Å². The summed E-state index contributed by atoms with van der Waals surface area (Å²) in [5, 5.41) is 0. The van der Waals surface area contributed by atoms with Crippen LogP contribution < -0.4 is 0 Å². The number of hydrogen-bond acceptors (Lipinski definition) is 4. The summed E-state index contributed by atoms with van der Waals surface area (Å²) < 4.78 is 11.6. The molecule has 0 radical (unpaired) electrons. The molecule has 3 nitrogen and oxygen atoms in total. The van der Waals surface area contributed by atoms with Crippen molar-refractivity contribution in [3.8, 4) is 0 Å². The first-order valence-corrected chi connectivity index (χ1v) is 8.62. The van der Waals surface area contributed by atoms with Crippen molar-refractivity contribution in [1.82, 2.24) is 0 Å². The molecule has 2 unspecified atom stereocenters. The third kappa shape index (κ3) is 2.72. The fourth-order valence-electron chi connectivity index (χ4n) is 3.65. The summed E-state index contributed by atoms with van der Waals surface area (Å²) in [5.41, 5.74) is -0.101. The van der Waals surface area contributed by atoms with Gasteiger partial charge in [0, 0.05) is 31.8 Å². The Balaban J connectivity index is 1.60. The topological polar surface area (TPSA) is 35.5 Å². The maximum absolute atomic E-state index is 12.6. The van der Waals surface area contributed by atoms with Crippen LogP contribution >= 0.6 is 11.8 Å². The lowest BCUT2D eigenvalue weighted by Crippen LogP contribution is -2.46. The number of ether oxygens (including phenoxy) is 2. The van der Waals surface area contributed by atoms with Crippen molar-refractivity contribution in [3.05, 3.63) is 0 Å². The van der Waals surface area contributed by atoms with E-state index in [1.165, 1.54) is 12.2 Å². The molecule has 0 amide bonds. The molecule has 3 fully saturated rings. The van der Waals surface area contributed by atoms with Crippen LogP contribution in [0.2, 0.25) is 0 Å². The lowest BCUT2D eigenvalue weighted by atomic mass is 9.73. The third-order valence-corrected chi connectivity index (χ3v) is 6.43. The Morgan fingerprint density at radius 2 is 2.26 bits per heavy atom. The number of Topliss-reactive ketones (excluding diaryl/α,β-unsaturated/α-hetero) is 1. The third-order valence-electron chi connectivity index (χ3n) is 5.21. The fourth-order valence-corrected chi connectivity index (χ4v) is 5.03. The van der Waals surface area contributed by atoms with Crippen molar-refractivity contribution < 1.29 is 14.3 Å². The van der Waals surface area contributed by atoms with E-state index < -0.39 is 0 Å². The van der Waals surface area contributed by atoms with Gasteiger partial charge in [0.25, 0.3) is 0 Å². The van der Waals surface area contributed by atoms with E-state index in [1.807, 2.05) is 11.8 Å². The van der Waals surface area contributed by atoms with Gasteiger partial charge in [-0.05, 0) is 44.3 Å². The summed E-state index contributed by atoms with van der Waals surface area (Å²) in [4.78, 5) is 12.6. The van der Waals surface area contributed by atoms with Gasteiger partial charge in [-0.2, -0.15) is 11.8 Å². The Kier molecular flexibility index (Phi) is 3.93. The van der Waals surface area contributed by atoms with Crippen LogP contribution in [0.1, 0.15) is 44.9 Å². The van der Waals surface area contributed by atoms with E-state index in [1.54, 1.807) is 7.11 Å². The van der Waals surface area contributed by atoms with Crippen LogP contribution in [0.3, 0.4) is 0 Å². The molecule has 2 heterocycles. The summed E-state index contributed by atoms with van der Waals surface area (Å²) in [6.45, 7) is 0.761. The minimum Gasteiger partial charge on any atom is -0.378 e. The van der Waals surface area contributed by atoms with Crippen molar-refractivity contribution in [2.75, 3.05) is 25.2 Å². The van der Waals surface area contributed by atoms with Crippen molar-refractivity contribution in [2.45, 2.75) is 56.1 Å². The highest BCUT2D eigenvalue weighted by Crippen LogP contribution is 2.43. The Bertz CT molecular complexity index is 340. The highest BCUT2D eigenvalue weighted by Gasteiger charge is 2.45. The second kappa shape index (κ2) is 5.38. The average molecular weight is 284 g/mol. The van der Waals surface area contributed by atoms with Gasteiger partial charge in [0.05, 0.1) is 11.2 Å². The minimum absolute atomic E-state index is 0.0170. The minimum atomic E-state index is -0.118. The standard InChI is InChI=1S/C15H24O3S/c1-17-14(4-2-5-14)10-13(16)12-3-7-18-15(9-12)6-8-19-11-15/h12H,2-11H2,1H3. The molecule has 3 rings (SSSR count). The Morgan fingerprint density at radius 1 is 1.42 bits per heavy atom. The van der Waals surface area contributed by atoms with Gasteiger partial charge in [-0.1, -0.05) is 0 Å². The van der Waals surface area contributed by atoms with E-state index >= 15 is 0 Å². The molecule has 4 heteroatoms. The lowest BCUT2D eigenvalue weighted by Gasteiger charge is -2.42. The van der Waals surface area contributed by atoms with E-state index in [4.69, 9.17) is 9.47 Å². The zero-order chi connectivity index (χ0) is 13.3. The molecule has 2 saturated heterocycles. The van der Waals surface area contributed by atoms with Gasteiger partial charge in [-0.25, -0.2) is 0 Å².